The summed E-state index contributed by atoms with van der Waals surface area (Å²) < 4.78 is 19.3. The second-order valence-corrected chi connectivity index (χ2v) is 12.2. The molecule has 0 spiro atoms. The number of carbonyl (C=O) groups excluding carboxylic acids is 1. The van der Waals surface area contributed by atoms with Gasteiger partial charge >= 0.3 is 0 Å². The van der Waals surface area contributed by atoms with Crippen LogP contribution in [0.1, 0.15) is 48.9 Å². The minimum atomic E-state index is -0.303. The van der Waals surface area contributed by atoms with E-state index in [1.165, 1.54) is 4.68 Å². The standard InChI is InChI=1S/C37H37BrN4O5/c1-7-46-33-17-25(30(38)19-34(33)47-21-35(43)40-26-14-12-23(4)13-15-26)20-39-42-36(41-31-11-9-8-10-27(31)37(42)44)29-18-28(22(2)3)32(45-6)16-24(29)5/h8-20,22H,7,21H2,1-6H3,(H,40,43). The van der Waals surface area contributed by atoms with Gasteiger partial charge in [-0.25, -0.2) is 4.98 Å². The maximum absolute atomic E-state index is 13.9. The Labute approximate surface area is 282 Å². The monoisotopic (exact) mass is 696 g/mol. The molecule has 47 heavy (non-hydrogen) atoms. The highest BCUT2D eigenvalue weighted by atomic mass is 79.9. The van der Waals surface area contributed by atoms with E-state index in [1.54, 1.807) is 37.6 Å². The van der Waals surface area contributed by atoms with E-state index in [0.717, 1.165) is 28.0 Å². The fourth-order valence-electron chi connectivity index (χ4n) is 5.10. The number of halogens is 1. The van der Waals surface area contributed by atoms with Crippen molar-refractivity contribution in [1.82, 2.24) is 9.66 Å². The lowest BCUT2D eigenvalue weighted by atomic mass is 9.96. The quantitative estimate of drug-likeness (QED) is 0.141. The maximum atomic E-state index is 13.9. The summed E-state index contributed by atoms with van der Waals surface area (Å²) in [5.41, 5.74) is 5.36. The van der Waals surface area contributed by atoms with Crippen LogP contribution in [0.4, 0.5) is 5.69 Å². The highest BCUT2D eigenvalue weighted by molar-refractivity contribution is 9.10. The first-order valence-corrected chi connectivity index (χ1v) is 16.1. The van der Waals surface area contributed by atoms with Gasteiger partial charge in [0.15, 0.2) is 23.9 Å². The minimum absolute atomic E-state index is 0.177. The summed E-state index contributed by atoms with van der Waals surface area (Å²) in [7, 11) is 1.65. The highest BCUT2D eigenvalue weighted by Gasteiger charge is 2.19. The Balaban J connectivity index is 1.52. The Bertz CT molecular complexity index is 2020. The van der Waals surface area contributed by atoms with Crippen LogP contribution in [0, 0.1) is 13.8 Å². The number of hydrogen-bond donors (Lipinski definition) is 1. The lowest BCUT2D eigenvalue weighted by Gasteiger charge is -2.17. The van der Waals surface area contributed by atoms with Crippen molar-refractivity contribution in [2.45, 2.75) is 40.5 Å². The summed E-state index contributed by atoms with van der Waals surface area (Å²) in [6, 6.07) is 22.2. The Morgan fingerprint density at radius 3 is 2.43 bits per heavy atom. The van der Waals surface area contributed by atoms with Crippen molar-refractivity contribution in [2.75, 3.05) is 25.6 Å². The molecule has 9 nitrogen and oxygen atoms in total. The van der Waals surface area contributed by atoms with Crippen molar-refractivity contribution in [1.29, 1.82) is 0 Å². The van der Waals surface area contributed by atoms with Gasteiger partial charge in [0, 0.05) is 21.3 Å². The van der Waals surface area contributed by atoms with Crippen LogP contribution >= 0.6 is 15.9 Å². The molecule has 0 fully saturated rings. The Morgan fingerprint density at radius 1 is 1.00 bits per heavy atom. The number of para-hydroxylation sites is 1. The average Bonchev–Trinajstić information content (AvgIpc) is 3.05. The molecule has 4 aromatic carbocycles. The van der Waals surface area contributed by atoms with Crippen LogP contribution in [0.2, 0.25) is 0 Å². The van der Waals surface area contributed by atoms with Gasteiger partial charge in [-0.05, 0) is 102 Å². The van der Waals surface area contributed by atoms with Gasteiger partial charge in [-0.3, -0.25) is 9.59 Å². The summed E-state index contributed by atoms with van der Waals surface area (Å²) in [6.45, 7) is 10.1. The highest BCUT2D eigenvalue weighted by Crippen LogP contribution is 2.35. The zero-order chi connectivity index (χ0) is 33.7. The van der Waals surface area contributed by atoms with E-state index >= 15 is 0 Å². The zero-order valence-corrected chi connectivity index (χ0v) is 28.8. The van der Waals surface area contributed by atoms with Crippen LogP contribution in [-0.2, 0) is 4.79 Å². The molecule has 1 amide bonds. The molecule has 0 radical (unpaired) electrons. The Morgan fingerprint density at radius 2 is 1.72 bits per heavy atom. The Kier molecular flexibility index (Phi) is 10.4. The molecule has 5 aromatic rings. The van der Waals surface area contributed by atoms with Crippen LogP contribution in [0.15, 0.2) is 87.2 Å². The SMILES string of the molecule is CCOc1cc(C=Nn2c(-c3cc(C(C)C)c(OC)cc3C)nc3ccccc3c2=O)c(Br)cc1OCC(=O)Nc1ccc(C)cc1. The summed E-state index contributed by atoms with van der Waals surface area (Å²) >= 11 is 3.60. The van der Waals surface area contributed by atoms with E-state index in [1.807, 2.05) is 69.3 Å². The van der Waals surface area contributed by atoms with E-state index in [4.69, 9.17) is 19.2 Å². The number of hydrogen-bond acceptors (Lipinski definition) is 7. The van der Waals surface area contributed by atoms with Crippen LogP contribution in [0.25, 0.3) is 22.3 Å². The molecule has 5 rings (SSSR count). The van der Waals surface area contributed by atoms with Crippen LogP contribution in [-0.4, -0.2) is 42.1 Å². The fourth-order valence-corrected chi connectivity index (χ4v) is 5.53. The maximum Gasteiger partial charge on any atom is 0.282 e. The number of carbonyl (C=O) groups is 1. The zero-order valence-electron chi connectivity index (χ0n) is 27.3. The molecule has 0 aliphatic rings. The third-order valence-corrected chi connectivity index (χ3v) is 8.25. The van der Waals surface area contributed by atoms with E-state index < -0.39 is 0 Å². The van der Waals surface area contributed by atoms with Crippen molar-refractivity contribution < 1.29 is 19.0 Å². The van der Waals surface area contributed by atoms with Crippen LogP contribution in [0.3, 0.4) is 0 Å². The number of rotatable bonds is 11. The second kappa shape index (κ2) is 14.6. The second-order valence-electron chi connectivity index (χ2n) is 11.3. The van der Waals surface area contributed by atoms with Gasteiger partial charge in [0.1, 0.15) is 5.75 Å². The molecule has 0 saturated heterocycles. The topological polar surface area (TPSA) is 104 Å². The lowest BCUT2D eigenvalue weighted by Crippen LogP contribution is -2.21. The molecule has 10 heteroatoms. The molecular formula is C37H37BrN4O5. The molecule has 1 heterocycles. The molecule has 1 N–H and O–H groups in total. The lowest BCUT2D eigenvalue weighted by molar-refractivity contribution is -0.118. The smallest absolute Gasteiger partial charge is 0.282 e. The average molecular weight is 698 g/mol. The van der Waals surface area contributed by atoms with Gasteiger partial charge in [0.25, 0.3) is 11.5 Å². The number of benzene rings is 4. The van der Waals surface area contributed by atoms with Crippen molar-refractivity contribution in [2.24, 2.45) is 5.10 Å². The molecule has 0 aliphatic heterocycles. The first kappa shape index (κ1) is 33.4. The minimum Gasteiger partial charge on any atom is -0.496 e. The third-order valence-electron chi connectivity index (χ3n) is 7.56. The number of fused-ring (bicyclic) bond motifs is 1. The fraction of sp³-hybridized carbons (Fsp3) is 0.243. The van der Waals surface area contributed by atoms with E-state index in [0.29, 0.717) is 50.6 Å². The summed E-state index contributed by atoms with van der Waals surface area (Å²) in [5.74, 6) is 1.88. The van der Waals surface area contributed by atoms with E-state index in [2.05, 4.69) is 40.2 Å². The summed E-state index contributed by atoms with van der Waals surface area (Å²) in [6.07, 6.45) is 1.57. The molecule has 0 unspecified atom stereocenters. The number of nitrogens with one attached hydrogen (secondary N) is 1. The van der Waals surface area contributed by atoms with E-state index in [9.17, 15) is 9.59 Å². The van der Waals surface area contributed by atoms with Crippen molar-refractivity contribution in [3.8, 4) is 28.6 Å². The molecule has 0 bridgehead atoms. The Hall–Kier alpha value is -4.96. The first-order chi connectivity index (χ1) is 22.6. The van der Waals surface area contributed by atoms with Gasteiger partial charge < -0.3 is 19.5 Å². The van der Waals surface area contributed by atoms with Gasteiger partial charge in [-0.1, -0.05) is 43.7 Å². The van der Waals surface area contributed by atoms with E-state index in [-0.39, 0.29) is 24.0 Å². The molecule has 1 aromatic heterocycles. The third kappa shape index (κ3) is 7.55. The van der Waals surface area contributed by atoms with Gasteiger partial charge in [0.2, 0.25) is 0 Å². The summed E-state index contributed by atoms with van der Waals surface area (Å²) in [4.78, 5) is 31.4. The molecule has 242 valence electrons. The molecular weight excluding hydrogens is 660 g/mol. The molecule has 0 saturated carbocycles. The normalized spacial score (nSPS) is 11.3. The van der Waals surface area contributed by atoms with Crippen LogP contribution < -0.4 is 25.1 Å². The molecule has 0 atom stereocenters. The van der Waals surface area contributed by atoms with Gasteiger partial charge in [-0.2, -0.15) is 9.78 Å². The summed E-state index contributed by atoms with van der Waals surface area (Å²) in [5, 5.41) is 7.95. The van der Waals surface area contributed by atoms with Crippen LogP contribution in [0.5, 0.6) is 17.2 Å². The number of nitrogens with zero attached hydrogens (tertiary/aromatic N) is 3. The largest absolute Gasteiger partial charge is 0.496 e. The number of methoxy groups -OCH3 is 1. The van der Waals surface area contributed by atoms with Crippen molar-refractivity contribution >= 4 is 44.6 Å². The van der Waals surface area contributed by atoms with Crippen molar-refractivity contribution in [3.05, 3.63) is 110 Å². The number of anilines is 1. The number of aromatic nitrogens is 2. The number of aryl methyl sites for hydroxylation is 2. The number of amides is 1. The van der Waals surface area contributed by atoms with Gasteiger partial charge in [-0.15, -0.1) is 0 Å². The predicted molar refractivity (Wildman–Crippen MR) is 190 cm³/mol. The van der Waals surface area contributed by atoms with Crippen molar-refractivity contribution in [3.63, 3.8) is 0 Å². The predicted octanol–water partition coefficient (Wildman–Crippen LogP) is 7.87. The van der Waals surface area contributed by atoms with Gasteiger partial charge in [0.05, 0.1) is 30.8 Å². The molecule has 0 aliphatic carbocycles. The number of ether oxygens (including phenoxy) is 3. The first-order valence-electron chi connectivity index (χ1n) is 15.3.